The predicted octanol–water partition coefficient (Wildman–Crippen LogP) is 0.0112. The first-order valence-electron chi connectivity index (χ1n) is 9.62. The summed E-state index contributed by atoms with van der Waals surface area (Å²) in [5.74, 6) is -8.72. The maximum Gasteiger partial charge on any atom is 0.351 e. The van der Waals surface area contributed by atoms with E-state index in [2.05, 4.69) is 10.6 Å². The molecule has 0 fully saturated rings. The minimum Gasteiger partial charge on any atom is -0.477 e. The zero-order valence-corrected chi connectivity index (χ0v) is 18.8. The molecule has 0 aromatic heterocycles. The number of carbonyl (C=O) groups excluding carboxylic acids is 2. The van der Waals surface area contributed by atoms with Gasteiger partial charge in [0, 0.05) is 37.5 Å². The molecule has 0 spiro atoms. The van der Waals surface area contributed by atoms with Crippen LogP contribution >= 0.6 is 0 Å². The topological polar surface area (TPSA) is 251 Å². The van der Waals surface area contributed by atoms with Gasteiger partial charge in [-0.1, -0.05) is 11.5 Å². The van der Waals surface area contributed by atoms with Crippen molar-refractivity contribution in [2.45, 2.75) is 52.0 Å². The Morgan fingerprint density at radius 1 is 0.743 bits per heavy atom. The Bertz CT molecular complexity index is 981. The molecular weight excluding hydrogens is 474 g/mol. The van der Waals surface area contributed by atoms with Crippen molar-refractivity contribution in [2.24, 2.45) is 0 Å². The molecule has 6 N–H and O–H groups in total. The Kier molecular flexibility index (Phi) is 11.3. The first-order chi connectivity index (χ1) is 16.0. The first kappa shape index (κ1) is 30.3. The number of carboxylic acids is 4. The van der Waals surface area contributed by atoms with Crippen molar-refractivity contribution >= 4 is 35.7 Å². The van der Waals surface area contributed by atoms with Gasteiger partial charge in [-0.2, -0.15) is 0 Å². The summed E-state index contributed by atoms with van der Waals surface area (Å²) in [7, 11) is 0. The molecule has 0 radical (unpaired) electrons. The van der Waals surface area contributed by atoms with E-state index in [1.165, 1.54) is 20.8 Å². The minimum atomic E-state index is -1.78. The van der Waals surface area contributed by atoms with E-state index in [-0.39, 0.29) is 24.2 Å². The summed E-state index contributed by atoms with van der Waals surface area (Å²) in [5.41, 5.74) is -0.514. The summed E-state index contributed by atoms with van der Waals surface area (Å²) >= 11 is 0. The van der Waals surface area contributed by atoms with Crippen molar-refractivity contribution in [3.8, 4) is 0 Å². The largest absolute Gasteiger partial charge is 0.477 e. The molecule has 2 amide bonds. The van der Waals surface area contributed by atoms with Crippen LogP contribution in [0, 0.1) is 10.1 Å². The van der Waals surface area contributed by atoms with Crippen molar-refractivity contribution < 1.29 is 54.1 Å². The van der Waals surface area contributed by atoms with E-state index in [9.17, 15) is 38.9 Å². The monoisotopic (exact) mass is 497 g/mol. The molecule has 0 atom stereocenters. The third-order valence-corrected chi connectivity index (χ3v) is 4.36. The van der Waals surface area contributed by atoms with Crippen LogP contribution in [0.3, 0.4) is 0 Å². The van der Waals surface area contributed by atoms with Gasteiger partial charge in [-0.15, -0.1) is 0 Å². The smallest absolute Gasteiger partial charge is 0.351 e. The number of amides is 2. The van der Waals surface area contributed by atoms with Gasteiger partial charge in [0.05, 0.1) is 11.4 Å². The second-order valence-corrected chi connectivity index (χ2v) is 7.32. The molecule has 0 heterocycles. The van der Waals surface area contributed by atoms with Crippen LogP contribution in [0.2, 0.25) is 0 Å². The lowest BCUT2D eigenvalue weighted by atomic mass is 9.90. The molecule has 15 heteroatoms. The molecule has 0 saturated carbocycles. The third kappa shape index (κ3) is 10.6. The summed E-state index contributed by atoms with van der Waals surface area (Å²) in [4.78, 5) is 78.2. The molecule has 0 aromatic rings. The van der Waals surface area contributed by atoms with Gasteiger partial charge < -0.3 is 31.1 Å². The van der Waals surface area contributed by atoms with Gasteiger partial charge in [-0.25, -0.2) is 19.2 Å². The standard InChI is InChI=1S/C20H23N3O12/c1-10(8-12(16(26)27)17(28)29)21-14(24)4-6-20(3,23(34)35)7-5-15(25)22-11(2)9-13(18(30)31)19(32)33/h4-7H2,1-3H3,(H,21,24)(H,22,25)(H,26,27)(H,28,29)(H,30,31)(H,32,33). The van der Waals surface area contributed by atoms with Crippen molar-refractivity contribution in [3.05, 3.63) is 44.1 Å². The normalized spacial score (nSPS) is 11.4. The van der Waals surface area contributed by atoms with E-state index < -0.39 is 70.1 Å². The number of rotatable bonds is 13. The summed E-state index contributed by atoms with van der Waals surface area (Å²) in [5, 5.41) is 51.0. The summed E-state index contributed by atoms with van der Waals surface area (Å²) in [6.07, 6.45) is -1.57. The number of aliphatic carboxylic acids is 4. The third-order valence-electron chi connectivity index (χ3n) is 4.36. The molecule has 0 aliphatic rings. The van der Waals surface area contributed by atoms with Crippen LogP contribution in [0.25, 0.3) is 0 Å². The highest BCUT2D eigenvalue weighted by molar-refractivity contribution is 6.12. The van der Waals surface area contributed by atoms with E-state index in [0.717, 1.165) is 0 Å². The van der Waals surface area contributed by atoms with E-state index in [1.54, 1.807) is 0 Å². The fraction of sp³-hybridized carbons (Fsp3) is 0.400. The van der Waals surface area contributed by atoms with Crippen LogP contribution < -0.4 is 10.6 Å². The van der Waals surface area contributed by atoms with E-state index in [4.69, 9.17) is 20.4 Å². The molecule has 0 aliphatic carbocycles. The van der Waals surface area contributed by atoms with Gasteiger partial charge in [0.2, 0.25) is 17.4 Å². The molecule has 190 valence electrons. The van der Waals surface area contributed by atoms with E-state index >= 15 is 0 Å². The minimum absolute atomic E-state index is 0.241. The molecule has 0 bridgehead atoms. The lowest BCUT2D eigenvalue weighted by molar-refractivity contribution is -0.567. The first-order valence-corrected chi connectivity index (χ1v) is 9.62. The molecule has 0 saturated heterocycles. The molecule has 0 rings (SSSR count). The number of hydrogen-bond donors (Lipinski definition) is 6. The van der Waals surface area contributed by atoms with Crippen LogP contribution in [0.1, 0.15) is 46.5 Å². The molecule has 35 heavy (non-hydrogen) atoms. The zero-order valence-electron chi connectivity index (χ0n) is 18.8. The van der Waals surface area contributed by atoms with Crippen molar-refractivity contribution in [2.75, 3.05) is 0 Å². The average molecular weight is 497 g/mol. The molecular formula is C20H23N3O12. The number of nitrogens with one attached hydrogen (secondary N) is 2. The number of carboxylic acid groups (broad SMARTS) is 4. The van der Waals surface area contributed by atoms with Crippen LogP contribution in [0.4, 0.5) is 0 Å². The van der Waals surface area contributed by atoms with Gasteiger partial charge in [-0.3, -0.25) is 19.7 Å². The van der Waals surface area contributed by atoms with Crippen molar-refractivity contribution in [3.63, 3.8) is 0 Å². The Balaban J connectivity index is 5.29. The van der Waals surface area contributed by atoms with Gasteiger partial charge in [0.1, 0.15) is 0 Å². The number of nitro groups is 1. The lowest BCUT2D eigenvalue weighted by Gasteiger charge is -2.20. The Morgan fingerprint density at radius 2 is 1.03 bits per heavy atom. The molecule has 0 aliphatic heterocycles. The van der Waals surface area contributed by atoms with E-state index in [0.29, 0.717) is 0 Å². The predicted molar refractivity (Wildman–Crippen MR) is 113 cm³/mol. The van der Waals surface area contributed by atoms with Crippen molar-refractivity contribution in [1.29, 1.82) is 0 Å². The number of carbonyl (C=O) groups is 6. The van der Waals surface area contributed by atoms with Gasteiger partial charge in [0.25, 0.3) is 0 Å². The second kappa shape index (κ2) is 13.1. The maximum absolute atomic E-state index is 12.1. The Labute approximate surface area is 197 Å². The SMILES string of the molecule is CC(=C=C(C(=O)O)C(=O)O)NC(=O)CCC(C)(CCC(=O)NC(C)=C=C(C(=O)O)C(=O)O)[N+](=O)[O-]. The summed E-state index contributed by atoms with van der Waals surface area (Å²) in [6.45, 7) is 3.52. The summed E-state index contributed by atoms with van der Waals surface area (Å²) < 4.78 is 0. The van der Waals surface area contributed by atoms with Crippen LogP contribution in [0.15, 0.2) is 34.0 Å². The average Bonchev–Trinajstić information content (AvgIpc) is 2.71. The highest BCUT2D eigenvalue weighted by Crippen LogP contribution is 2.23. The molecule has 0 unspecified atom stereocenters. The van der Waals surface area contributed by atoms with Crippen LogP contribution in [-0.2, 0) is 28.8 Å². The van der Waals surface area contributed by atoms with Gasteiger partial charge in [0.15, 0.2) is 11.1 Å². The van der Waals surface area contributed by atoms with Crippen LogP contribution in [0.5, 0.6) is 0 Å². The Morgan fingerprint density at radius 3 is 1.26 bits per heavy atom. The fourth-order valence-corrected chi connectivity index (χ4v) is 2.45. The number of nitrogens with zero attached hydrogens (tertiary/aromatic N) is 1. The fourth-order valence-electron chi connectivity index (χ4n) is 2.45. The zero-order chi connectivity index (χ0) is 27.5. The van der Waals surface area contributed by atoms with E-state index in [1.807, 2.05) is 11.5 Å². The second-order valence-electron chi connectivity index (χ2n) is 7.32. The van der Waals surface area contributed by atoms with Crippen LogP contribution in [-0.4, -0.2) is 66.6 Å². The van der Waals surface area contributed by atoms with Crippen molar-refractivity contribution in [1.82, 2.24) is 10.6 Å². The van der Waals surface area contributed by atoms with Gasteiger partial charge in [-0.05, 0) is 13.8 Å². The Hall–Kier alpha value is -4.74. The highest BCUT2D eigenvalue weighted by atomic mass is 16.6. The number of hydrogen-bond acceptors (Lipinski definition) is 8. The summed E-state index contributed by atoms with van der Waals surface area (Å²) in [6, 6.07) is 0. The molecule has 0 aromatic carbocycles. The quantitative estimate of drug-likeness (QED) is 0.0491. The lowest BCUT2D eigenvalue weighted by Crippen LogP contribution is -2.38. The van der Waals surface area contributed by atoms with Gasteiger partial charge >= 0.3 is 23.9 Å². The highest BCUT2D eigenvalue weighted by Gasteiger charge is 2.37. The molecule has 15 nitrogen and oxygen atoms in total. The maximum atomic E-state index is 12.1.